The van der Waals surface area contributed by atoms with Gasteiger partial charge in [-0.05, 0) is 6.42 Å². The molecule has 0 spiro atoms. The van der Waals surface area contributed by atoms with E-state index >= 15 is 0 Å². The molecule has 0 rings (SSSR count). The number of nitrogens with two attached hydrogens (primary N) is 1. The summed E-state index contributed by atoms with van der Waals surface area (Å²) in [6, 6.07) is -1.78. The minimum Gasteiger partial charge on any atom is -0.469 e. The van der Waals surface area contributed by atoms with Crippen molar-refractivity contribution in [3.05, 3.63) is 0 Å². The molecule has 0 aliphatic rings. The molecule has 112 valence electrons. The molecule has 7 nitrogen and oxygen atoms in total. The molecule has 0 aliphatic carbocycles. The summed E-state index contributed by atoms with van der Waals surface area (Å²) in [7, 11) is 2.37. The Kier molecular flexibility index (Phi) is 11.1. The average Bonchev–Trinajstić information content (AvgIpc) is 2.36. The topological polar surface area (TPSA) is 108 Å². The van der Waals surface area contributed by atoms with E-state index in [2.05, 4.69) is 14.8 Å². The summed E-state index contributed by atoms with van der Waals surface area (Å²) in [5.74, 6) is -1.82. The highest BCUT2D eigenvalue weighted by atomic mass is 35.5. The third-order valence-corrected chi connectivity index (χ3v) is 2.34. The summed E-state index contributed by atoms with van der Waals surface area (Å²) in [4.78, 5) is 34.1. The highest BCUT2D eigenvalue weighted by Crippen LogP contribution is 2.00. The molecule has 0 aromatic heterocycles. The zero-order valence-electron chi connectivity index (χ0n) is 11.3. The first-order valence-corrected chi connectivity index (χ1v) is 5.66. The maximum absolute atomic E-state index is 11.6. The van der Waals surface area contributed by atoms with Crippen molar-refractivity contribution in [3.63, 3.8) is 0 Å². The maximum atomic E-state index is 11.6. The van der Waals surface area contributed by atoms with Gasteiger partial charge in [0.25, 0.3) is 0 Å². The van der Waals surface area contributed by atoms with Gasteiger partial charge in [0, 0.05) is 0 Å². The molecule has 8 heteroatoms. The molecule has 0 aromatic carbocycles. The molecule has 0 radical (unpaired) electrons. The fourth-order valence-corrected chi connectivity index (χ4v) is 1.31. The van der Waals surface area contributed by atoms with Gasteiger partial charge in [-0.1, -0.05) is 13.3 Å². The van der Waals surface area contributed by atoms with E-state index in [0.29, 0.717) is 6.42 Å². The fraction of sp³-hybridized carbons (Fsp3) is 0.727. The van der Waals surface area contributed by atoms with Gasteiger partial charge in [0.05, 0.1) is 26.7 Å². The van der Waals surface area contributed by atoms with E-state index < -0.39 is 29.9 Å². The molecule has 2 unspecified atom stereocenters. The monoisotopic (exact) mass is 296 g/mol. The van der Waals surface area contributed by atoms with Crippen LogP contribution in [0.1, 0.15) is 26.2 Å². The third-order valence-electron chi connectivity index (χ3n) is 2.34. The molecule has 3 N–H and O–H groups in total. The normalized spacial score (nSPS) is 12.6. The second-order valence-electron chi connectivity index (χ2n) is 3.76. The summed E-state index contributed by atoms with van der Waals surface area (Å²) < 4.78 is 8.93. The summed E-state index contributed by atoms with van der Waals surface area (Å²) >= 11 is 0. The summed E-state index contributed by atoms with van der Waals surface area (Å²) in [6.07, 6.45) is 0.959. The van der Waals surface area contributed by atoms with Crippen molar-refractivity contribution < 1.29 is 23.9 Å². The van der Waals surface area contributed by atoms with Crippen LogP contribution in [0.2, 0.25) is 0 Å². The van der Waals surface area contributed by atoms with Crippen molar-refractivity contribution in [1.82, 2.24) is 5.32 Å². The Hall–Kier alpha value is -1.34. The van der Waals surface area contributed by atoms with Gasteiger partial charge in [-0.15, -0.1) is 12.4 Å². The lowest BCUT2D eigenvalue weighted by atomic mass is 10.1. The molecule has 0 aliphatic heterocycles. The van der Waals surface area contributed by atoms with Crippen LogP contribution in [0.25, 0.3) is 0 Å². The minimum atomic E-state index is -1.07. The molecule has 19 heavy (non-hydrogen) atoms. The van der Waals surface area contributed by atoms with Gasteiger partial charge in [0.1, 0.15) is 6.04 Å². The number of halogens is 1. The van der Waals surface area contributed by atoms with Gasteiger partial charge in [-0.3, -0.25) is 9.59 Å². The molecule has 0 fully saturated rings. The van der Waals surface area contributed by atoms with Crippen molar-refractivity contribution in [2.75, 3.05) is 14.2 Å². The minimum absolute atomic E-state index is 0. The number of carbonyl (C=O) groups is 3. The second kappa shape index (κ2) is 10.6. The summed E-state index contributed by atoms with van der Waals surface area (Å²) in [5.41, 5.74) is 5.60. The molecule has 2 atom stereocenters. The van der Waals surface area contributed by atoms with Crippen molar-refractivity contribution in [3.8, 4) is 0 Å². The van der Waals surface area contributed by atoms with Crippen LogP contribution in [0.3, 0.4) is 0 Å². The SMILES string of the molecule is CCCC(N)C(=O)NC(CC(=O)OC)C(=O)OC.Cl. The number of carbonyl (C=O) groups excluding carboxylic acids is 3. The van der Waals surface area contributed by atoms with E-state index in [9.17, 15) is 14.4 Å². The lowest BCUT2D eigenvalue weighted by Crippen LogP contribution is -2.49. The lowest BCUT2D eigenvalue weighted by molar-refractivity contribution is -0.150. The van der Waals surface area contributed by atoms with Gasteiger partial charge in [-0.25, -0.2) is 4.79 Å². The van der Waals surface area contributed by atoms with Crippen LogP contribution in [0.4, 0.5) is 0 Å². The zero-order chi connectivity index (χ0) is 14.1. The first-order chi connectivity index (χ1) is 8.46. The van der Waals surface area contributed by atoms with Crippen molar-refractivity contribution in [2.24, 2.45) is 5.73 Å². The Morgan fingerprint density at radius 3 is 2.21 bits per heavy atom. The first-order valence-electron chi connectivity index (χ1n) is 5.66. The quantitative estimate of drug-likeness (QED) is 0.628. The van der Waals surface area contributed by atoms with Gasteiger partial charge in [-0.2, -0.15) is 0 Å². The van der Waals surface area contributed by atoms with Crippen LogP contribution >= 0.6 is 12.4 Å². The number of methoxy groups -OCH3 is 2. The van der Waals surface area contributed by atoms with Crippen molar-refractivity contribution >= 4 is 30.3 Å². The number of nitrogens with one attached hydrogen (secondary N) is 1. The van der Waals surface area contributed by atoms with Crippen LogP contribution in [-0.4, -0.2) is 44.1 Å². The Morgan fingerprint density at radius 2 is 1.79 bits per heavy atom. The maximum Gasteiger partial charge on any atom is 0.328 e. The summed E-state index contributed by atoms with van der Waals surface area (Å²) in [6.45, 7) is 1.89. The van der Waals surface area contributed by atoms with Crippen LogP contribution in [0.5, 0.6) is 0 Å². The molecule has 0 saturated heterocycles. The lowest BCUT2D eigenvalue weighted by Gasteiger charge is -2.18. The number of amides is 1. The van der Waals surface area contributed by atoms with Gasteiger partial charge < -0.3 is 20.5 Å². The van der Waals surface area contributed by atoms with E-state index in [1.165, 1.54) is 14.2 Å². The highest BCUT2D eigenvalue weighted by molar-refractivity contribution is 5.89. The Balaban J connectivity index is 0. The van der Waals surface area contributed by atoms with Crippen molar-refractivity contribution in [1.29, 1.82) is 0 Å². The second-order valence-corrected chi connectivity index (χ2v) is 3.76. The van der Waals surface area contributed by atoms with Crippen LogP contribution in [-0.2, 0) is 23.9 Å². The molecule has 1 amide bonds. The average molecular weight is 297 g/mol. The van der Waals surface area contributed by atoms with Gasteiger partial charge in [0.15, 0.2) is 0 Å². The van der Waals surface area contributed by atoms with Crippen LogP contribution in [0, 0.1) is 0 Å². The van der Waals surface area contributed by atoms with Gasteiger partial charge in [0.2, 0.25) is 5.91 Å². The zero-order valence-corrected chi connectivity index (χ0v) is 12.1. The molecular formula is C11H21ClN2O5. The predicted molar refractivity (Wildman–Crippen MR) is 70.7 cm³/mol. The summed E-state index contributed by atoms with van der Waals surface area (Å²) in [5, 5.41) is 2.38. The van der Waals surface area contributed by atoms with E-state index in [0.717, 1.165) is 6.42 Å². The number of hydrogen-bond donors (Lipinski definition) is 2. The van der Waals surface area contributed by atoms with Crippen molar-refractivity contribution in [2.45, 2.75) is 38.3 Å². The number of rotatable bonds is 7. The smallest absolute Gasteiger partial charge is 0.328 e. The fourth-order valence-electron chi connectivity index (χ4n) is 1.31. The van der Waals surface area contributed by atoms with E-state index in [-0.39, 0.29) is 18.8 Å². The number of esters is 2. The first kappa shape index (κ1) is 20.0. The number of hydrogen-bond acceptors (Lipinski definition) is 6. The molecule has 0 heterocycles. The van der Waals surface area contributed by atoms with Crippen LogP contribution in [0.15, 0.2) is 0 Å². The molecule has 0 aromatic rings. The van der Waals surface area contributed by atoms with E-state index in [1.807, 2.05) is 6.92 Å². The Bertz CT molecular complexity index is 311. The number of ether oxygens (including phenoxy) is 2. The Labute approximate surface area is 118 Å². The third kappa shape index (κ3) is 7.63. The van der Waals surface area contributed by atoms with Crippen LogP contribution < -0.4 is 11.1 Å². The Morgan fingerprint density at radius 1 is 1.21 bits per heavy atom. The standard InChI is InChI=1S/C11H20N2O5.ClH/c1-4-5-7(12)10(15)13-8(11(16)18-3)6-9(14)17-2;/h7-8H,4-6,12H2,1-3H3,(H,13,15);1H. The highest BCUT2D eigenvalue weighted by Gasteiger charge is 2.26. The van der Waals surface area contributed by atoms with Gasteiger partial charge >= 0.3 is 11.9 Å². The largest absolute Gasteiger partial charge is 0.469 e. The molecule has 0 saturated carbocycles. The van der Waals surface area contributed by atoms with E-state index in [1.54, 1.807) is 0 Å². The molecule has 0 bridgehead atoms. The van der Waals surface area contributed by atoms with E-state index in [4.69, 9.17) is 5.73 Å². The predicted octanol–water partition coefficient (Wildman–Crippen LogP) is -0.243. The molecular weight excluding hydrogens is 276 g/mol.